The van der Waals surface area contributed by atoms with Gasteiger partial charge in [-0.05, 0) is 94.7 Å². The molecule has 1 aliphatic carbocycles. The third kappa shape index (κ3) is 7.03. The molecule has 0 radical (unpaired) electrons. The largest absolute Gasteiger partial charge is 0.497 e. The highest BCUT2D eigenvalue weighted by atomic mass is 19.1. The Bertz CT molecular complexity index is 1340. The Morgan fingerprint density at radius 3 is 2.40 bits per heavy atom. The lowest BCUT2D eigenvalue weighted by Gasteiger charge is -2.28. The Kier molecular flexibility index (Phi) is 8.89. The van der Waals surface area contributed by atoms with Gasteiger partial charge in [0.2, 0.25) is 0 Å². The highest BCUT2D eigenvalue weighted by Gasteiger charge is 2.42. The molecule has 40 heavy (non-hydrogen) atoms. The fourth-order valence-corrected chi connectivity index (χ4v) is 5.42. The first kappa shape index (κ1) is 29.6. The monoisotopic (exact) mass is 548 g/mol. The Morgan fingerprint density at radius 2 is 1.77 bits per heavy atom. The van der Waals surface area contributed by atoms with Gasteiger partial charge in [-0.3, -0.25) is 4.79 Å². The molecule has 4 rings (SSSR count). The van der Waals surface area contributed by atoms with Gasteiger partial charge in [0.25, 0.3) is 0 Å². The average Bonchev–Trinajstić information content (AvgIpc) is 3.70. The molecule has 3 aromatic carbocycles. The molecule has 0 spiro atoms. The number of aliphatic hydroxyl groups excluding tert-OH is 1. The second kappa shape index (κ2) is 12.0. The Balaban J connectivity index is 1.60. The van der Waals surface area contributed by atoms with Crippen LogP contribution in [-0.4, -0.2) is 23.3 Å². The van der Waals surface area contributed by atoms with Gasteiger partial charge in [0.1, 0.15) is 23.9 Å². The SMILES string of the molecule is CCC1(C[C@H](CC(=O)O)c2cccc(OCc3ccc(-c4cc(OC)ccc4F)c([C@H](O)C(C)(C)C)c3)c2)CC1. The Hall–Kier alpha value is -3.38. The maximum atomic E-state index is 14.9. The number of rotatable bonds is 12. The molecule has 5 nitrogen and oxygen atoms in total. The van der Waals surface area contributed by atoms with E-state index in [2.05, 4.69) is 6.92 Å². The fourth-order valence-electron chi connectivity index (χ4n) is 5.42. The smallest absolute Gasteiger partial charge is 0.303 e. The molecular weight excluding hydrogens is 507 g/mol. The molecule has 214 valence electrons. The third-order valence-corrected chi connectivity index (χ3v) is 8.24. The first-order chi connectivity index (χ1) is 18.9. The summed E-state index contributed by atoms with van der Waals surface area (Å²) in [7, 11) is 1.54. The minimum absolute atomic E-state index is 0.0610. The Morgan fingerprint density at radius 1 is 1.02 bits per heavy atom. The summed E-state index contributed by atoms with van der Waals surface area (Å²) in [6.07, 6.45) is 3.51. The van der Waals surface area contributed by atoms with Crippen molar-refractivity contribution < 1.29 is 28.9 Å². The number of carboxylic acids is 1. The molecule has 1 aliphatic rings. The Labute approximate surface area is 237 Å². The highest BCUT2D eigenvalue weighted by Crippen LogP contribution is 2.55. The topological polar surface area (TPSA) is 76.0 Å². The van der Waals surface area contributed by atoms with E-state index < -0.39 is 23.3 Å². The number of aliphatic carboxylic acids is 1. The number of ether oxygens (including phenoxy) is 2. The molecule has 1 fully saturated rings. The lowest BCUT2D eigenvalue weighted by Crippen LogP contribution is -2.19. The molecule has 0 bridgehead atoms. The molecule has 0 aliphatic heterocycles. The van der Waals surface area contributed by atoms with E-state index >= 15 is 0 Å². The van der Waals surface area contributed by atoms with Gasteiger partial charge in [-0.2, -0.15) is 0 Å². The number of benzene rings is 3. The molecule has 0 aromatic heterocycles. The van der Waals surface area contributed by atoms with Gasteiger partial charge in [0, 0.05) is 5.56 Å². The first-order valence-corrected chi connectivity index (χ1v) is 14.0. The molecular formula is C34H41FO5. The van der Waals surface area contributed by atoms with Crippen molar-refractivity contribution in [3.63, 3.8) is 0 Å². The van der Waals surface area contributed by atoms with Crippen LogP contribution in [0.2, 0.25) is 0 Å². The summed E-state index contributed by atoms with van der Waals surface area (Å²) in [6.45, 7) is 8.25. The molecule has 0 amide bonds. The van der Waals surface area contributed by atoms with Crippen LogP contribution in [0.3, 0.4) is 0 Å². The summed E-state index contributed by atoms with van der Waals surface area (Å²) in [6, 6.07) is 17.9. The maximum absolute atomic E-state index is 14.9. The summed E-state index contributed by atoms with van der Waals surface area (Å²) >= 11 is 0. The molecule has 1 saturated carbocycles. The first-order valence-electron chi connectivity index (χ1n) is 14.0. The van der Waals surface area contributed by atoms with Crippen LogP contribution in [0.4, 0.5) is 4.39 Å². The zero-order valence-electron chi connectivity index (χ0n) is 24.2. The van der Waals surface area contributed by atoms with E-state index in [0.29, 0.717) is 28.2 Å². The third-order valence-electron chi connectivity index (χ3n) is 8.24. The van der Waals surface area contributed by atoms with Gasteiger partial charge in [-0.1, -0.05) is 58.4 Å². The predicted octanol–water partition coefficient (Wildman–Crippen LogP) is 8.30. The zero-order valence-corrected chi connectivity index (χ0v) is 24.2. The van der Waals surface area contributed by atoms with Gasteiger partial charge >= 0.3 is 5.97 Å². The number of aliphatic hydroxyl groups is 1. The minimum atomic E-state index is -0.846. The molecule has 6 heteroatoms. The van der Waals surface area contributed by atoms with Crippen molar-refractivity contribution in [2.45, 2.75) is 78.4 Å². The normalized spacial score (nSPS) is 15.8. The van der Waals surface area contributed by atoms with Gasteiger partial charge in [-0.25, -0.2) is 4.39 Å². The number of hydrogen-bond acceptors (Lipinski definition) is 4. The van der Waals surface area contributed by atoms with Crippen molar-refractivity contribution in [2.24, 2.45) is 10.8 Å². The van der Waals surface area contributed by atoms with Crippen LogP contribution >= 0.6 is 0 Å². The van der Waals surface area contributed by atoms with Crippen LogP contribution in [0.5, 0.6) is 11.5 Å². The number of carbonyl (C=O) groups is 1. The summed E-state index contributed by atoms with van der Waals surface area (Å²) in [5, 5.41) is 20.8. The van der Waals surface area contributed by atoms with Crippen molar-refractivity contribution in [1.29, 1.82) is 0 Å². The lowest BCUT2D eigenvalue weighted by atomic mass is 9.81. The average molecular weight is 549 g/mol. The van der Waals surface area contributed by atoms with Crippen LogP contribution in [0, 0.1) is 16.6 Å². The molecule has 0 unspecified atom stereocenters. The van der Waals surface area contributed by atoms with E-state index in [1.807, 2.05) is 63.2 Å². The molecule has 2 atom stereocenters. The van der Waals surface area contributed by atoms with E-state index in [-0.39, 0.29) is 24.4 Å². The summed E-state index contributed by atoms with van der Waals surface area (Å²) in [4.78, 5) is 11.6. The van der Waals surface area contributed by atoms with Crippen LogP contribution in [-0.2, 0) is 11.4 Å². The minimum Gasteiger partial charge on any atom is -0.497 e. The van der Waals surface area contributed by atoms with Gasteiger partial charge < -0.3 is 19.7 Å². The van der Waals surface area contributed by atoms with Crippen LogP contribution in [0.15, 0.2) is 60.7 Å². The maximum Gasteiger partial charge on any atom is 0.303 e. The van der Waals surface area contributed by atoms with Crippen molar-refractivity contribution >= 4 is 5.97 Å². The van der Waals surface area contributed by atoms with E-state index in [1.165, 1.54) is 13.2 Å². The number of hydrogen-bond donors (Lipinski definition) is 2. The lowest BCUT2D eigenvalue weighted by molar-refractivity contribution is -0.137. The zero-order chi connectivity index (χ0) is 29.1. The van der Waals surface area contributed by atoms with Crippen LogP contribution < -0.4 is 9.47 Å². The van der Waals surface area contributed by atoms with Crippen molar-refractivity contribution in [3.05, 3.63) is 83.2 Å². The van der Waals surface area contributed by atoms with Crippen LogP contribution in [0.25, 0.3) is 11.1 Å². The summed E-state index contributed by atoms with van der Waals surface area (Å²) < 4.78 is 26.4. The number of carboxylic acid groups (broad SMARTS) is 1. The van der Waals surface area contributed by atoms with Crippen molar-refractivity contribution in [1.82, 2.24) is 0 Å². The number of methoxy groups -OCH3 is 1. The number of halogens is 1. The van der Waals surface area contributed by atoms with Gasteiger partial charge in [0.15, 0.2) is 0 Å². The van der Waals surface area contributed by atoms with Crippen molar-refractivity contribution in [2.75, 3.05) is 7.11 Å². The summed E-state index contributed by atoms with van der Waals surface area (Å²) in [5.41, 5.74) is 3.19. The molecule has 2 N–H and O–H groups in total. The fraction of sp³-hybridized carbons (Fsp3) is 0.441. The highest BCUT2D eigenvalue weighted by molar-refractivity contribution is 5.70. The predicted molar refractivity (Wildman–Crippen MR) is 155 cm³/mol. The van der Waals surface area contributed by atoms with E-state index in [1.54, 1.807) is 12.1 Å². The second-order valence-corrected chi connectivity index (χ2v) is 12.2. The van der Waals surface area contributed by atoms with Gasteiger partial charge in [-0.15, -0.1) is 0 Å². The van der Waals surface area contributed by atoms with Gasteiger partial charge in [0.05, 0.1) is 19.6 Å². The van der Waals surface area contributed by atoms with E-state index in [4.69, 9.17) is 9.47 Å². The van der Waals surface area contributed by atoms with Crippen molar-refractivity contribution in [3.8, 4) is 22.6 Å². The summed E-state index contributed by atoms with van der Waals surface area (Å²) in [5.74, 6) is -0.0477. The molecule has 0 heterocycles. The quantitative estimate of drug-likeness (QED) is 0.238. The molecule has 3 aromatic rings. The van der Waals surface area contributed by atoms with E-state index in [9.17, 15) is 19.4 Å². The van der Waals surface area contributed by atoms with E-state index in [0.717, 1.165) is 36.8 Å². The second-order valence-electron chi connectivity index (χ2n) is 12.2. The standard InChI is InChI=1S/C34H41FO5/c1-6-34(14-15-34)20-24(18-31(36)37)23-8-7-9-26(17-23)40-21-22-10-12-27(29(16-22)32(38)33(2,3)4)28-19-25(39-5)11-13-30(28)35/h7-13,16-17,19,24,32,38H,6,14-15,18,20-21H2,1-5H3,(H,36,37)/t24-,32-/m0/s1. The molecule has 0 saturated heterocycles. The van der Waals surface area contributed by atoms with Crippen LogP contribution in [0.1, 0.15) is 88.5 Å².